The lowest BCUT2D eigenvalue weighted by Gasteiger charge is -2.31. The number of benzene rings is 2. The molecular weight excluding hydrogens is 475 g/mol. The molecule has 1 aliphatic heterocycles. The van der Waals surface area contributed by atoms with Gasteiger partial charge in [-0.15, -0.1) is 0 Å². The number of ether oxygens (including phenoxy) is 1. The fraction of sp³-hybridized carbons (Fsp3) is 0.409. The molecule has 0 aromatic heterocycles. The van der Waals surface area contributed by atoms with Crippen LogP contribution >= 0.6 is 23.4 Å². The summed E-state index contributed by atoms with van der Waals surface area (Å²) in [5.41, 5.74) is 0.456. The summed E-state index contributed by atoms with van der Waals surface area (Å²) in [5, 5.41) is 3.26. The smallest absolute Gasteiger partial charge is 0.243 e. The summed E-state index contributed by atoms with van der Waals surface area (Å²) in [7, 11) is -2.16. The van der Waals surface area contributed by atoms with Gasteiger partial charge in [0, 0.05) is 41.7 Å². The number of nitrogens with zero attached hydrogens (tertiary/aromatic N) is 1. The first-order valence-corrected chi connectivity index (χ1v) is 13.2. The number of rotatable bonds is 9. The van der Waals surface area contributed by atoms with Crippen LogP contribution in [0.5, 0.6) is 5.75 Å². The van der Waals surface area contributed by atoms with Gasteiger partial charge in [0.2, 0.25) is 15.9 Å². The predicted octanol–water partition coefficient (Wildman–Crippen LogP) is 3.94. The van der Waals surface area contributed by atoms with Gasteiger partial charge in [0.15, 0.2) is 0 Å². The lowest BCUT2D eigenvalue weighted by Crippen LogP contribution is -2.45. The van der Waals surface area contributed by atoms with Crippen LogP contribution in [0.4, 0.5) is 4.39 Å². The molecule has 0 saturated carbocycles. The summed E-state index contributed by atoms with van der Waals surface area (Å²) in [6.07, 6.45) is 1.26. The van der Waals surface area contributed by atoms with Crippen molar-refractivity contribution in [3.05, 3.63) is 58.9 Å². The topological polar surface area (TPSA) is 75.7 Å². The molecule has 1 atom stereocenters. The van der Waals surface area contributed by atoms with E-state index in [1.165, 1.54) is 41.4 Å². The van der Waals surface area contributed by atoms with Crippen molar-refractivity contribution in [1.82, 2.24) is 9.62 Å². The standard InChI is InChI=1S/C22H26ClFN2O4S2/c1-30-17-7-9-18(10-8-17)32(28,29)26-12-3-4-16(14-26)22(27)25-11-13-31-15-19-20(23)5-2-6-21(19)24/h2,5-10,16H,3-4,11-15H2,1H3,(H,25,27). The van der Waals surface area contributed by atoms with Gasteiger partial charge >= 0.3 is 0 Å². The van der Waals surface area contributed by atoms with Gasteiger partial charge in [-0.25, -0.2) is 12.8 Å². The second-order valence-corrected chi connectivity index (χ2v) is 10.9. The number of halogens is 2. The zero-order valence-electron chi connectivity index (χ0n) is 17.7. The number of methoxy groups -OCH3 is 1. The van der Waals surface area contributed by atoms with Crippen LogP contribution < -0.4 is 10.1 Å². The van der Waals surface area contributed by atoms with E-state index in [9.17, 15) is 17.6 Å². The van der Waals surface area contributed by atoms with Crippen LogP contribution in [-0.4, -0.2) is 51.1 Å². The normalized spacial score (nSPS) is 17.2. The van der Waals surface area contributed by atoms with Crippen LogP contribution in [0.15, 0.2) is 47.4 Å². The number of sulfonamides is 1. The Morgan fingerprint density at radius 3 is 2.72 bits per heavy atom. The van der Waals surface area contributed by atoms with Crippen molar-refractivity contribution in [1.29, 1.82) is 0 Å². The van der Waals surface area contributed by atoms with Gasteiger partial charge in [0.05, 0.1) is 17.9 Å². The summed E-state index contributed by atoms with van der Waals surface area (Å²) in [4.78, 5) is 12.8. The number of carbonyl (C=O) groups excluding carboxylic acids is 1. The summed E-state index contributed by atoms with van der Waals surface area (Å²) in [6, 6.07) is 10.8. The quantitative estimate of drug-likeness (QED) is 0.528. The van der Waals surface area contributed by atoms with E-state index in [4.69, 9.17) is 16.3 Å². The summed E-state index contributed by atoms with van der Waals surface area (Å²) in [5.74, 6) is 0.687. The second kappa shape index (κ2) is 11.4. The molecule has 174 valence electrons. The highest BCUT2D eigenvalue weighted by atomic mass is 35.5. The third-order valence-electron chi connectivity index (χ3n) is 5.31. The Balaban J connectivity index is 1.48. The molecule has 1 N–H and O–H groups in total. The molecule has 1 fully saturated rings. The van der Waals surface area contributed by atoms with E-state index in [1.54, 1.807) is 24.3 Å². The number of carbonyl (C=O) groups is 1. The molecule has 2 aromatic rings. The van der Waals surface area contributed by atoms with Crippen LogP contribution in [0.2, 0.25) is 5.02 Å². The molecule has 32 heavy (non-hydrogen) atoms. The van der Waals surface area contributed by atoms with Crippen LogP contribution in [0.1, 0.15) is 18.4 Å². The minimum Gasteiger partial charge on any atom is -0.497 e. The molecule has 1 unspecified atom stereocenters. The van der Waals surface area contributed by atoms with E-state index in [0.717, 1.165) is 0 Å². The molecule has 0 spiro atoms. The number of hydrogen-bond donors (Lipinski definition) is 1. The summed E-state index contributed by atoms with van der Waals surface area (Å²) < 4.78 is 46.2. The lowest BCUT2D eigenvalue weighted by molar-refractivity contribution is -0.125. The Bertz CT molecular complexity index is 1010. The SMILES string of the molecule is COc1ccc(S(=O)(=O)N2CCCC(C(=O)NCCSCc3c(F)cccc3Cl)C2)cc1. The monoisotopic (exact) mass is 500 g/mol. The summed E-state index contributed by atoms with van der Waals surface area (Å²) >= 11 is 7.49. The van der Waals surface area contributed by atoms with E-state index < -0.39 is 15.9 Å². The fourth-order valence-electron chi connectivity index (χ4n) is 3.51. The third-order valence-corrected chi connectivity index (χ3v) is 8.52. The minimum atomic E-state index is -3.68. The Morgan fingerprint density at radius 2 is 2.03 bits per heavy atom. The van der Waals surface area contributed by atoms with Crippen LogP contribution in [0.3, 0.4) is 0 Å². The van der Waals surface area contributed by atoms with Gasteiger partial charge < -0.3 is 10.1 Å². The Morgan fingerprint density at radius 1 is 1.28 bits per heavy atom. The highest BCUT2D eigenvalue weighted by Gasteiger charge is 2.33. The third kappa shape index (κ3) is 6.15. The van der Waals surface area contributed by atoms with Crippen molar-refractivity contribution in [3.63, 3.8) is 0 Å². The zero-order valence-corrected chi connectivity index (χ0v) is 20.1. The van der Waals surface area contributed by atoms with Crippen LogP contribution in [0, 0.1) is 11.7 Å². The van der Waals surface area contributed by atoms with Crippen molar-refractivity contribution in [3.8, 4) is 5.75 Å². The maximum Gasteiger partial charge on any atom is 0.243 e. The average molecular weight is 501 g/mol. The number of piperidine rings is 1. The number of amides is 1. The van der Waals surface area contributed by atoms with Crippen molar-refractivity contribution in [2.24, 2.45) is 5.92 Å². The minimum absolute atomic E-state index is 0.151. The molecule has 0 bridgehead atoms. The maximum atomic E-state index is 13.8. The second-order valence-electron chi connectivity index (χ2n) is 7.42. The highest BCUT2D eigenvalue weighted by Crippen LogP contribution is 2.26. The van der Waals surface area contributed by atoms with Gasteiger partial charge in [-0.2, -0.15) is 16.1 Å². The highest BCUT2D eigenvalue weighted by molar-refractivity contribution is 7.98. The molecular formula is C22H26ClFN2O4S2. The molecule has 2 aromatic carbocycles. The molecule has 1 saturated heterocycles. The van der Waals surface area contributed by atoms with Gasteiger partial charge in [0.1, 0.15) is 11.6 Å². The van der Waals surface area contributed by atoms with Gasteiger partial charge in [0.25, 0.3) is 0 Å². The molecule has 1 amide bonds. The molecule has 0 radical (unpaired) electrons. The summed E-state index contributed by atoms with van der Waals surface area (Å²) in [6.45, 7) is 0.951. The largest absolute Gasteiger partial charge is 0.497 e. The van der Waals surface area contributed by atoms with E-state index in [0.29, 0.717) is 53.8 Å². The van der Waals surface area contributed by atoms with E-state index >= 15 is 0 Å². The molecule has 10 heteroatoms. The van der Waals surface area contributed by atoms with Crippen molar-refractivity contribution in [2.75, 3.05) is 32.5 Å². The first-order valence-electron chi connectivity index (χ1n) is 10.3. The van der Waals surface area contributed by atoms with Crippen LogP contribution in [0.25, 0.3) is 0 Å². The Labute approximate surface area is 197 Å². The first kappa shape index (κ1) is 24.8. The maximum absolute atomic E-state index is 13.8. The Hall–Kier alpha value is -1.81. The molecule has 3 rings (SSSR count). The lowest BCUT2D eigenvalue weighted by atomic mass is 9.99. The number of thioether (sulfide) groups is 1. The van der Waals surface area contributed by atoms with E-state index in [-0.39, 0.29) is 23.2 Å². The zero-order chi connectivity index (χ0) is 23.1. The molecule has 1 aliphatic rings. The average Bonchev–Trinajstić information content (AvgIpc) is 2.80. The number of nitrogens with one attached hydrogen (secondary N) is 1. The van der Waals surface area contributed by atoms with E-state index in [1.807, 2.05) is 0 Å². The Kier molecular flexibility index (Phi) is 8.81. The predicted molar refractivity (Wildman–Crippen MR) is 125 cm³/mol. The van der Waals surface area contributed by atoms with Crippen molar-refractivity contribution >= 4 is 39.3 Å². The molecule has 0 aliphatic carbocycles. The van der Waals surface area contributed by atoms with Gasteiger partial charge in [-0.3, -0.25) is 4.79 Å². The van der Waals surface area contributed by atoms with Crippen LogP contribution in [-0.2, 0) is 20.6 Å². The van der Waals surface area contributed by atoms with Crippen molar-refractivity contribution in [2.45, 2.75) is 23.5 Å². The number of hydrogen-bond acceptors (Lipinski definition) is 5. The van der Waals surface area contributed by atoms with Gasteiger partial charge in [-0.1, -0.05) is 17.7 Å². The molecule has 6 nitrogen and oxygen atoms in total. The van der Waals surface area contributed by atoms with Gasteiger partial charge in [-0.05, 0) is 49.2 Å². The van der Waals surface area contributed by atoms with Crippen molar-refractivity contribution < 1.29 is 22.3 Å². The first-order chi connectivity index (χ1) is 15.3. The van der Waals surface area contributed by atoms with E-state index in [2.05, 4.69) is 5.32 Å². The fourth-order valence-corrected chi connectivity index (χ4v) is 6.23. The molecule has 1 heterocycles.